The molecule has 26 heavy (non-hydrogen) atoms. The summed E-state index contributed by atoms with van der Waals surface area (Å²) < 4.78 is 52.3. The van der Waals surface area contributed by atoms with Gasteiger partial charge in [0.15, 0.2) is 9.84 Å². The third kappa shape index (κ3) is 4.15. The lowest BCUT2D eigenvalue weighted by atomic mass is 9.92. The van der Waals surface area contributed by atoms with Crippen LogP contribution in [-0.2, 0) is 32.7 Å². The summed E-state index contributed by atoms with van der Waals surface area (Å²) >= 11 is 0. The maximum atomic E-state index is 13.0. The number of hydrogen-bond acceptors (Lipinski definition) is 4. The summed E-state index contributed by atoms with van der Waals surface area (Å²) in [6.45, 7) is 4.35. The summed E-state index contributed by atoms with van der Waals surface area (Å²) in [5, 5.41) is -0.417. The standard InChI is InChI=1S/C19H29NO4S2/c1-15(2)14-25(21,22)18-9-11-20(12-10-18)26(23,24)19-8-7-16-5-3-4-6-17(16)13-19/h7-8,13,15,18H,3-6,9-12,14H2,1-2H3. The Bertz CT molecular complexity index is 852. The molecule has 2 aliphatic rings. The second kappa shape index (κ2) is 7.60. The molecular formula is C19H29NO4S2. The molecule has 146 valence electrons. The minimum absolute atomic E-state index is 0.0947. The highest BCUT2D eigenvalue weighted by atomic mass is 32.2. The quantitative estimate of drug-likeness (QED) is 0.763. The van der Waals surface area contributed by atoms with Crippen LogP contribution in [-0.4, -0.2) is 45.2 Å². The van der Waals surface area contributed by atoms with Crippen molar-refractivity contribution in [1.82, 2.24) is 4.31 Å². The summed E-state index contributed by atoms with van der Waals surface area (Å²) in [6, 6.07) is 5.48. The maximum absolute atomic E-state index is 13.0. The molecule has 0 amide bonds. The molecule has 3 rings (SSSR count). The summed E-state index contributed by atoms with van der Waals surface area (Å²) in [6.07, 6.45) is 5.01. The van der Waals surface area contributed by atoms with Gasteiger partial charge in [0.25, 0.3) is 0 Å². The Hall–Kier alpha value is -0.920. The molecule has 0 aromatic heterocycles. The van der Waals surface area contributed by atoms with Crippen molar-refractivity contribution in [2.75, 3.05) is 18.8 Å². The van der Waals surface area contributed by atoms with Crippen LogP contribution in [0.2, 0.25) is 0 Å². The summed E-state index contributed by atoms with van der Waals surface area (Å²) in [4.78, 5) is 0.349. The van der Waals surface area contributed by atoms with Gasteiger partial charge in [0.2, 0.25) is 10.0 Å². The van der Waals surface area contributed by atoms with E-state index in [0.29, 0.717) is 17.7 Å². The maximum Gasteiger partial charge on any atom is 0.243 e. The van der Waals surface area contributed by atoms with Gasteiger partial charge in [-0.15, -0.1) is 0 Å². The van der Waals surface area contributed by atoms with Crippen LogP contribution in [0.25, 0.3) is 0 Å². The number of nitrogens with zero attached hydrogens (tertiary/aromatic N) is 1. The van der Waals surface area contributed by atoms with Gasteiger partial charge >= 0.3 is 0 Å². The average molecular weight is 400 g/mol. The largest absolute Gasteiger partial charge is 0.243 e. The zero-order valence-electron chi connectivity index (χ0n) is 15.6. The highest BCUT2D eigenvalue weighted by Gasteiger charge is 2.35. The minimum Gasteiger partial charge on any atom is -0.229 e. The Morgan fingerprint density at radius 3 is 2.23 bits per heavy atom. The predicted octanol–water partition coefficient (Wildman–Crippen LogP) is 2.79. The molecule has 1 heterocycles. The normalized spacial score (nSPS) is 20.3. The number of hydrogen-bond donors (Lipinski definition) is 0. The number of sulfonamides is 1. The molecule has 0 bridgehead atoms. The zero-order valence-corrected chi connectivity index (χ0v) is 17.3. The lowest BCUT2D eigenvalue weighted by molar-refractivity contribution is 0.345. The molecule has 1 aromatic rings. The van der Waals surface area contributed by atoms with Crippen molar-refractivity contribution >= 4 is 19.9 Å². The second-order valence-corrected chi connectivity index (χ2v) is 12.2. The SMILES string of the molecule is CC(C)CS(=O)(=O)C1CCN(S(=O)(=O)c2ccc3c(c2)CCCC3)CC1. The molecule has 1 aliphatic carbocycles. The fraction of sp³-hybridized carbons (Fsp3) is 0.684. The Kier molecular flexibility index (Phi) is 5.80. The molecule has 0 unspecified atom stereocenters. The zero-order chi connectivity index (χ0) is 18.9. The van der Waals surface area contributed by atoms with Gasteiger partial charge in [-0.1, -0.05) is 19.9 Å². The van der Waals surface area contributed by atoms with Crippen molar-refractivity contribution in [2.45, 2.75) is 62.5 Å². The van der Waals surface area contributed by atoms with E-state index in [-0.39, 0.29) is 24.8 Å². The van der Waals surface area contributed by atoms with Crippen LogP contribution < -0.4 is 0 Å². The van der Waals surface area contributed by atoms with Gasteiger partial charge in [0.1, 0.15) is 0 Å². The van der Waals surface area contributed by atoms with Crippen molar-refractivity contribution in [3.63, 3.8) is 0 Å². The molecule has 1 saturated heterocycles. The van der Waals surface area contributed by atoms with E-state index in [4.69, 9.17) is 0 Å². The Balaban J connectivity index is 1.72. The minimum atomic E-state index is -3.55. The van der Waals surface area contributed by atoms with Gasteiger partial charge in [-0.25, -0.2) is 16.8 Å². The average Bonchev–Trinajstić information content (AvgIpc) is 2.60. The Labute approximate surface area is 157 Å². The van der Waals surface area contributed by atoms with Gasteiger partial charge < -0.3 is 0 Å². The van der Waals surface area contributed by atoms with Gasteiger partial charge in [0, 0.05) is 13.1 Å². The van der Waals surface area contributed by atoms with Crippen LogP contribution in [0.3, 0.4) is 0 Å². The molecule has 1 fully saturated rings. The molecule has 0 atom stereocenters. The van der Waals surface area contributed by atoms with E-state index < -0.39 is 25.1 Å². The third-order valence-corrected chi connectivity index (χ3v) is 9.95. The topological polar surface area (TPSA) is 71.5 Å². The lowest BCUT2D eigenvalue weighted by Crippen LogP contribution is -2.43. The molecule has 1 aromatic carbocycles. The summed E-state index contributed by atoms with van der Waals surface area (Å²) in [5.41, 5.74) is 2.40. The van der Waals surface area contributed by atoms with Gasteiger partial charge in [-0.3, -0.25) is 0 Å². The third-order valence-electron chi connectivity index (χ3n) is 5.43. The molecule has 0 saturated carbocycles. The molecule has 0 N–H and O–H groups in total. The highest BCUT2D eigenvalue weighted by Crippen LogP contribution is 2.28. The molecule has 0 radical (unpaired) electrons. The first kappa shape index (κ1) is 19.8. The van der Waals surface area contributed by atoms with Crippen molar-refractivity contribution < 1.29 is 16.8 Å². The summed E-state index contributed by atoms with van der Waals surface area (Å²) in [7, 11) is -6.70. The number of fused-ring (bicyclic) bond motifs is 1. The number of benzene rings is 1. The van der Waals surface area contributed by atoms with Crippen LogP contribution in [0.5, 0.6) is 0 Å². The fourth-order valence-electron chi connectivity index (χ4n) is 4.05. The van der Waals surface area contributed by atoms with Gasteiger partial charge in [-0.05, 0) is 67.7 Å². The van der Waals surface area contributed by atoms with E-state index >= 15 is 0 Å². The number of sulfone groups is 1. The van der Waals surface area contributed by atoms with Crippen molar-refractivity contribution in [1.29, 1.82) is 0 Å². The van der Waals surface area contributed by atoms with Gasteiger partial charge in [-0.2, -0.15) is 4.31 Å². The van der Waals surface area contributed by atoms with E-state index in [0.717, 1.165) is 31.2 Å². The summed E-state index contributed by atoms with van der Waals surface area (Å²) in [5.74, 6) is 0.271. The Morgan fingerprint density at radius 1 is 1.00 bits per heavy atom. The second-order valence-electron chi connectivity index (χ2n) is 7.96. The van der Waals surface area contributed by atoms with Crippen molar-refractivity contribution in [2.24, 2.45) is 5.92 Å². The van der Waals surface area contributed by atoms with Crippen molar-refractivity contribution in [3.05, 3.63) is 29.3 Å². The first-order valence-corrected chi connectivity index (χ1v) is 12.7. The van der Waals surface area contributed by atoms with Crippen LogP contribution in [0.1, 0.15) is 50.7 Å². The van der Waals surface area contributed by atoms with Crippen LogP contribution >= 0.6 is 0 Å². The van der Waals surface area contributed by atoms with E-state index in [1.54, 1.807) is 6.07 Å². The van der Waals surface area contributed by atoms with Gasteiger partial charge in [0.05, 0.1) is 15.9 Å². The van der Waals surface area contributed by atoms with Crippen LogP contribution in [0.15, 0.2) is 23.1 Å². The fourth-order valence-corrected chi connectivity index (χ4v) is 7.70. The predicted molar refractivity (Wildman–Crippen MR) is 103 cm³/mol. The van der Waals surface area contributed by atoms with E-state index in [1.165, 1.54) is 9.87 Å². The first-order chi connectivity index (χ1) is 12.2. The van der Waals surface area contributed by atoms with Crippen LogP contribution in [0.4, 0.5) is 0 Å². The van der Waals surface area contributed by atoms with E-state index in [1.807, 2.05) is 26.0 Å². The smallest absolute Gasteiger partial charge is 0.229 e. The van der Waals surface area contributed by atoms with Crippen molar-refractivity contribution in [3.8, 4) is 0 Å². The molecule has 0 spiro atoms. The number of aryl methyl sites for hydroxylation is 2. The first-order valence-electron chi connectivity index (χ1n) is 9.53. The number of rotatable bonds is 5. The van der Waals surface area contributed by atoms with E-state index in [2.05, 4.69) is 0 Å². The Morgan fingerprint density at radius 2 is 1.62 bits per heavy atom. The monoisotopic (exact) mass is 399 g/mol. The molecular weight excluding hydrogens is 370 g/mol. The molecule has 7 heteroatoms. The molecule has 5 nitrogen and oxygen atoms in total. The van der Waals surface area contributed by atoms with Crippen LogP contribution in [0, 0.1) is 5.92 Å². The lowest BCUT2D eigenvalue weighted by Gasteiger charge is -2.31. The molecule has 1 aliphatic heterocycles. The number of piperidine rings is 1. The highest BCUT2D eigenvalue weighted by molar-refractivity contribution is 7.92. The van der Waals surface area contributed by atoms with E-state index in [9.17, 15) is 16.8 Å².